The Morgan fingerprint density at radius 3 is 1.93 bits per heavy atom. The number of Topliss-reactive ketones (excluding diaryl/α,β-unsaturated/α-hetero) is 1. The number of hydrogen-bond donors (Lipinski definition) is 9. The standard InChI is InChI=1S/C52H60N2O14.C6H12O6.CH4/c1-29-38(66-48(62)44(67-47(61)36(53)22-23-55)43(33-18-12-8-13-19-33)54-46(60)34-20-14-9-15-21-34)27-52(63)35(24-37(58)32-16-10-7-11-17-32)45-50(6,26-39(65-30(2)56)42(29)49(52,4)5)40(59)25-41-51(45,28-64-41)68-31(3)57;7-1-2-3(8)4(9)5(10)6(11)12-2;/h7-21,23,35-36,38-41,43-45,59,63H,22,24-28,53H2,1-6H3,(H,54,60);2-11H,1H2;1H4/p+1/t35-,36?,38?,39?,40?,41?,43?,44?,45?,50+,51-,52?;;/m0../s1. The molecule has 0 radical (unpaired) electrons. The van der Waals surface area contributed by atoms with E-state index >= 15 is 4.79 Å². The van der Waals surface area contributed by atoms with Crippen LogP contribution < -0.4 is 11.1 Å². The average molecular weight is 1130 g/mol. The van der Waals surface area contributed by atoms with Gasteiger partial charge in [0.05, 0.1) is 31.3 Å². The summed E-state index contributed by atoms with van der Waals surface area (Å²) in [6.45, 7) is 8.82. The SMILES string of the molecule is C.CC(=O)OC1C[C@]2(C)C(O)CC3OC[C@@]3(OC(C)=O)C2[C@H](CC(=O)c2ccccc2)C2(O)CC(OC(=O)C(OC(=O)C([NH3+])CC=O)C(NC(=O)c3ccccc3)c3ccccc3)C(C)=C1C2(C)C.OCC1OC(O)C(O)C(O)C1O. The zero-order valence-corrected chi connectivity index (χ0v) is 45.4. The second-order valence-corrected chi connectivity index (χ2v) is 22.2. The van der Waals surface area contributed by atoms with Crippen LogP contribution in [0.3, 0.4) is 0 Å². The van der Waals surface area contributed by atoms with Crippen LogP contribution in [0.5, 0.6) is 0 Å². The summed E-state index contributed by atoms with van der Waals surface area (Å²) in [5, 5.41) is 73.8. The van der Waals surface area contributed by atoms with Crippen molar-refractivity contribution >= 4 is 41.9 Å². The van der Waals surface area contributed by atoms with Crippen LogP contribution in [0.1, 0.15) is 113 Å². The maximum atomic E-state index is 15.2. The third kappa shape index (κ3) is 12.7. The van der Waals surface area contributed by atoms with Crippen LogP contribution in [0.15, 0.2) is 102 Å². The summed E-state index contributed by atoms with van der Waals surface area (Å²) in [4.78, 5) is 95.2. The molecule has 11 N–H and O–H groups in total. The highest BCUT2D eigenvalue weighted by atomic mass is 16.6. The van der Waals surface area contributed by atoms with Crippen LogP contribution in [0.2, 0.25) is 0 Å². The van der Waals surface area contributed by atoms with Crippen LogP contribution in [0.4, 0.5) is 0 Å². The lowest BCUT2D eigenvalue weighted by molar-refractivity contribution is -0.407. The van der Waals surface area contributed by atoms with E-state index in [0.717, 1.165) is 0 Å². The number of hydrogen-bond acceptors (Lipinski definition) is 20. The lowest BCUT2D eigenvalue weighted by atomic mass is 9.42. The average Bonchev–Trinajstić information content (AvgIpc) is 3.43. The molecule has 81 heavy (non-hydrogen) atoms. The number of ether oxygens (including phenoxy) is 6. The number of carbonyl (C=O) groups excluding carboxylic acids is 7. The zero-order valence-electron chi connectivity index (χ0n) is 45.4. The summed E-state index contributed by atoms with van der Waals surface area (Å²) in [5.74, 6) is -6.67. The number of quaternary nitrogens is 1. The Balaban J connectivity index is 0.000000721. The van der Waals surface area contributed by atoms with Crippen LogP contribution in [-0.4, -0.2) is 169 Å². The number of benzene rings is 3. The van der Waals surface area contributed by atoms with Crippen molar-refractivity contribution in [1.29, 1.82) is 0 Å². The van der Waals surface area contributed by atoms with Crippen molar-refractivity contribution in [3.05, 3.63) is 119 Å². The molecule has 442 valence electrons. The first-order valence-electron chi connectivity index (χ1n) is 26.5. The molecule has 3 aromatic rings. The number of aliphatic hydroxyl groups is 7. The van der Waals surface area contributed by atoms with Crippen molar-refractivity contribution in [2.45, 2.75) is 166 Å². The fraction of sp³-hybridized carbons (Fsp3) is 0.542. The Labute approximate surface area is 469 Å². The van der Waals surface area contributed by atoms with E-state index in [1.807, 2.05) is 0 Å². The van der Waals surface area contributed by atoms with E-state index in [1.54, 1.807) is 119 Å². The highest BCUT2D eigenvalue weighted by molar-refractivity contribution is 5.96. The van der Waals surface area contributed by atoms with Gasteiger partial charge in [-0.3, -0.25) is 19.2 Å². The lowest BCUT2D eigenvalue weighted by Crippen LogP contribution is -2.78. The van der Waals surface area contributed by atoms with E-state index in [9.17, 15) is 39.0 Å². The van der Waals surface area contributed by atoms with Crippen LogP contribution in [-0.2, 0) is 52.4 Å². The van der Waals surface area contributed by atoms with Gasteiger partial charge in [-0.05, 0) is 42.2 Å². The summed E-state index contributed by atoms with van der Waals surface area (Å²) in [7, 11) is 0. The van der Waals surface area contributed by atoms with Crippen LogP contribution in [0, 0.1) is 22.7 Å². The summed E-state index contributed by atoms with van der Waals surface area (Å²) < 4.78 is 35.4. The number of carbonyl (C=O) groups is 7. The first kappa shape index (κ1) is 63.9. The number of ketones is 1. The maximum absolute atomic E-state index is 15.2. The van der Waals surface area contributed by atoms with Crippen molar-refractivity contribution in [2.24, 2.45) is 22.7 Å². The number of amides is 1. The molecule has 3 aromatic carbocycles. The summed E-state index contributed by atoms with van der Waals surface area (Å²) >= 11 is 0. The molecule has 2 saturated carbocycles. The topological polar surface area (TPSA) is 356 Å². The van der Waals surface area contributed by atoms with Gasteiger partial charge >= 0.3 is 23.9 Å². The predicted octanol–water partition coefficient (Wildman–Crippen LogP) is 1.39. The molecule has 14 unspecified atom stereocenters. The molecule has 0 spiro atoms. The van der Waals surface area contributed by atoms with E-state index in [1.165, 1.54) is 13.8 Å². The summed E-state index contributed by atoms with van der Waals surface area (Å²) in [6.07, 6.45) is -14.1. The Morgan fingerprint density at radius 1 is 0.790 bits per heavy atom. The van der Waals surface area contributed by atoms with Crippen molar-refractivity contribution in [1.82, 2.24) is 5.32 Å². The van der Waals surface area contributed by atoms with Gasteiger partial charge in [0.25, 0.3) is 5.91 Å². The zero-order chi connectivity index (χ0) is 58.6. The van der Waals surface area contributed by atoms with E-state index < -0.39 is 144 Å². The quantitative estimate of drug-likeness (QED) is 0.0322. The lowest BCUT2D eigenvalue weighted by Gasteiger charge is -2.69. The van der Waals surface area contributed by atoms with Gasteiger partial charge < -0.3 is 80.0 Å². The Kier molecular flexibility index (Phi) is 20.4. The van der Waals surface area contributed by atoms with Gasteiger partial charge in [0, 0.05) is 66.9 Å². The number of aliphatic hydroxyl groups excluding tert-OH is 6. The Bertz CT molecular complexity index is 2760. The van der Waals surface area contributed by atoms with Gasteiger partial charge in [-0.15, -0.1) is 0 Å². The smallest absolute Gasteiger partial charge is 0.366 e. The molecular formula is C59H77N2O20+. The van der Waals surface area contributed by atoms with Gasteiger partial charge in [-0.1, -0.05) is 107 Å². The highest BCUT2D eigenvalue weighted by Crippen LogP contribution is 2.67. The minimum atomic E-state index is -2.10. The number of esters is 4. The minimum Gasteiger partial charge on any atom is -0.458 e. The third-order valence-electron chi connectivity index (χ3n) is 16.9. The van der Waals surface area contributed by atoms with E-state index in [2.05, 4.69) is 15.8 Å². The van der Waals surface area contributed by atoms with E-state index in [0.29, 0.717) is 28.6 Å². The molecule has 1 amide bonds. The molecule has 8 rings (SSSR count). The van der Waals surface area contributed by atoms with Gasteiger partial charge in [0.1, 0.15) is 55.1 Å². The fourth-order valence-electron chi connectivity index (χ4n) is 12.7. The Hall–Kier alpha value is -6.31. The number of rotatable bonds is 16. The second kappa shape index (κ2) is 25.9. The molecule has 2 heterocycles. The molecule has 5 aliphatic rings. The molecule has 2 bridgehead atoms. The molecule has 0 aromatic heterocycles. The van der Waals surface area contributed by atoms with Crippen molar-refractivity contribution in [2.75, 3.05) is 13.2 Å². The number of aldehydes is 1. The first-order valence-corrected chi connectivity index (χ1v) is 26.5. The van der Waals surface area contributed by atoms with Gasteiger partial charge in [-0.25, -0.2) is 9.59 Å². The maximum Gasteiger partial charge on any atom is 0.366 e. The van der Waals surface area contributed by atoms with Gasteiger partial charge in [-0.2, -0.15) is 0 Å². The van der Waals surface area contributed by atoms with Crippen LogP contribution in [0.25, 0.3) is 0 Å². The summed E-state index contributed by atoms with van der Waals surface area (Å²) in [6, 6.07) is 22.3. The second-order valence-electron chi connectivity index (χ2n) is 22.2. The Morgan fingerprint density at radius 2 is 1.38 bits per heavy atom. The van der Waals surface area contributed by atoms with Gasteiger partial charge in [0.2, 0.25) is 6.10 Å². The van der Waals surface area contributed by atoms with Crippen LogP contribution >= 0.6 is 0 Å². The van der Waals surface area contributed by atoms with E-state index in [4.69, 9.17) is 49.2 Å². The molecule has 2 saturated heterocycles. The monoisotopic (exact) mass is 1130 g/mol. The molecule has 22 nitrogen and oxygen atoms in total. The molecule has 2 aliphatic heterocycles. The molecule has 4 fully saturated rings. The first-order chi connectivity index (χ1) is 37.8. The molecule has 3 aliphatic carbocycles. The predicted molar refractivity (Wildman–Crippen MR) is 284 cm³/mol. The third-order valence-corrected chi connectivity index (χ3v) is 16.9. The van der Waals surface area contributed by atoms with E-state index in [-0.39, 0.29) is 57.5 Å². The largest absolute Gasteiger partial charge is 0.458 e. The molecular weight excluding hydrogens is 1060 g/mol. The molecule has 22 heteroatoms. The molecule has 17 atom stereocenters. The highest BCUT2D eigenvalue weighted by Gasteiger charge is 2.75. The fourth-order valence-corrected chi connectivity index (χ4v) is 12.7. The van der Waals surface area contributed by atoms with Crippen molar-refractivity contribution in [3.8, 4) is 0 Å². The normalized spacial score (nSPS) is 32.8. The van der Waals surface area contributed by atoms with Gasteiger partial charge in [0.15, 0.2) is 23.7 Å². The minimum absolute atomic E-state index is 0. The van der Waals surface area contributed by atoms with Crippen molar-refractivity contribution in [3.63, 3.8) is 0 Å². The number of fused-ring (bicyclic) bond motifs is 5. The number of nitrogens with one attached hydrogen (secondary N) is 1. The summed E-state index contributed by atoms with van der Waals surface area (Å²) in [5.41, 5.74) is -0.826. The van der Waals surface area contributed by atoms with Crippen molar-refractivity contribution < 1.29 is 103 Å².